The average Bonchev–Trinajstić information content (AvgIpc) is 2.27. The van der Waals surface area contributed by atoms with E-state index in [2.05, 4.69) is 0 Å². The number of carboxylic acids is 1. The molecule has 0 amide bonds. The Labute approximate surface area is 95.5 Å². The van der Waals surface area contributed by atoms with Gasteiger partial charge in [0.2, 0.25) is 0 Å². The van der Waals surface area contributed by atoms with Gasteiger partial charge in [-0.25, -0.2) is 4.79 Å². The van der Waals surface area contributed by atoms with Gasteiger partial charge in [-0.3, -0.25) is 14.9 Å². The zero-order valence-electron chi connectivity index (χ0n) is 8.78. The maximum Gasteiger partial charge on any atom is 0.337 e. The van der Waals surface area contributed by atoms with Gasteiger partial charge in [0.05, 0.1) is 4.92 Å². The molecule has 0 saturated heterocycles. The van der Waals surface area contributed by atoms with Crippen LogP contribution in [0.3, 0.4) is 0 Å². The molecule has 0 fully saturated rings. The summed E-state index contributed by atoms with van der Waals surface area (Å²) in [4.78, 5) is 31.2. The van der Waals surface area contributed by atoms with E-state index in [4.69, 9.17) is 5.11 Å². The molecule has 1 aromatic carbocycles. The first-order valence-electron chi connectivity index (χ1n) is 4.53. The number of nitrogens with zero attached hydrogens (tertiary/aromatic N) is 1. The van der Waals surface area contributed by atoms with Crippen LogP contribution in [0.5, 0.6) is 0 Å². The lowest BCUT2D eigenvalue weighted by atomic mass is 9.99. The van der Waals surface area contributed by atoms with E-state index in [9.17, 15) is 24.8 Å². The third-order valence-electron chi connectivity index (χ3n) is 2.25. The van der Waals surface area contributed by atoms with Crippen molar-refractivity contribution in [2.75, 3.05) is 0 Å². The van der Waals surface area contributed by atoms with Crippen LogP contribution in [0, 0.1) is 17.0 Å². The van der Waals surface area contributed by atoms with Gasteiger partial charge in [-0.2, -0.15) is 0 Å². The zero-order valence-corrected chi connectivity index (χ0v) is 8.78. The lowest BCUT2D eigenvalue weighted by molar-refractivity contribution is -0.385. The van der Waals surface area contributed by atoms with E-state index < -0.39 is 17.0 Å². The smallest absolute Gasteiger partial charge is 0.337 e. The number of benzene rings is 1. The Morgan fingerprint density at radius 1 is 1.53 bits per heavy atom. The third-order valence-corrected chi connectivity index (χ3v) is 2.25. The molecule has 0 spiro atoms. The second-order valence-corrected chi connectivity index (χ2v) is 3.38. The van der Waals surface area contributed by atoms with E-state index in [-0.39, 0.29) is 28.7 Å². The zero-order chi connectivity index (χ0) is 13.2. The third kappa shape index (κ3) is 2.45. The molecule has 17 heavy (non-hydrogen) atoms. The average molecular weight is 239 g/mol. The van der Waals surface area contributed by atoms with Gasteiger partial charge in [-0.1, -0.05) is 0 Å². The van der Waals surface area contributed by atoms with Crippen molar-refractivity contribution in [1.82, 2.24) is 0 Å². The normalized spacial score (nSPS) is 11.9. The maximum atomic E-state index is 10.7. The molecular weight excluding hydrogens is 230 g/mol. The van der Waals surface area contributed by atoms with Gasteiger partial charge in [0.25, 0.3) is 5.69 Å². The molecule has 1 rings (SSSR count). The molecule has 0 aliphatic heterocycles. The summed E-state index contributed by atoms with van der Waals surface area (Å²) in [5, 5.41) is 28.6. The largest absolute Gasteiger partial charge is 0.479 e. The van der Waals surface area contributed by atoms with Gasteiger partial charge in [-0.05, 0) is 13.0 Å². The van der Waals surface area contributed by atoms with Crippen LogP contribution >= 0.6 is 0 Å². The lowest BCUT2D eigenvalue weighted by Gasteiger charge is -2.09. The summed E-state index contributed by atoms with van der Waals surface area (Å²) in [5.74, 6) is -1.53. The first-order chi connectivity index (χ1) is 7.88. The van der Waals surface area contributed by atoms with Crippen LogP contribution in [0.2, 0.25) is 0 Å². The van der Waals surface area contributed by atoms with Crippen LogP contribution in [0.25, 0.3) is 0 Å². The van der Waals surface area contributed by atoms with Gasteiger partial charge in [0.15, 0.2) is 12.4 Å². The predicted molar refractivity (Wildman–Crippen MR) is 55.8 cm³/mol. The second-order valence-electron chi connectivity index (χ2n) is 3.38. The Morgan fingerprint density at radius 3 is 2.53 bits per heavy atom. The molecule has 7 nitrogen and oxygen atoms in total. The molecule has 2 N–H and O–H groups in total. The lowest BCUT2D eigenvalue weighted by Crippen LogP contribution is -2.13. The van der Waals surface area contributed by atoms with Crippen molar-refractivity contribution in [2.45, 2.75) is 13.0 Å². The number of aryl methyl sites for hydroxylation is 1. The van der Waals surface area contributed by atoms with Crippen LogP contribution in [-0.4, -0.2) is 27.4 Å². The van der Waals surface area contributed by atoms with Crippen LogP contribution in [0.1, 0.15) is 27.6 Å². The van der Waals surface area contributed by atoms with Gasteiger partial charge in [0, 0.05) is 22.8 Å². The highest BCUT2D eigenvalue weighted by Gasteiger charge is 2.23. The minimum absolute atomic E-state index is 0.157. The number of carboxylic acid groups (broad SMARTS) is 1. The number of hydrogen-bond donors (Lipinski definition) is 2. The summed E-state index contributed by atoms with van der Waals surface area (Å²) < 4.78 is 0. The monoisotopic (exact) mass is 239 g/mol. The molecule has 0 radical (unpaired) electrons. The Kier molecular flexibility index (Phi) is 3.54. The minimum atomic E-state index is -1.88. The second kappa shape index (κ2) is 4.71. The van der Waals surface area contributed by atoms with Crippen molar-refractivity contribution in [2.24, 2.45) is 0 Å². The molecule has 0 aliphatic rings. The number of aldehydes is 1. The molecule has 0 aromatic heterocycles. The van der Waals surface area contributed by atoms with E-state index in [1.807, 2.05) is 0 Å². The summed E-state index contributed by atoms with van der Waals surface area (Å²) in [6, 6.07) is 2.07. The number of rotatable bonds is 4. The fourth-order valence-corrected chi connectivity index (χ4v) is 1.40. The number of carbonyl (C=O) groups excluding carboxylic acids is 1. The SMILES string of the molecule is Cc1cc(C(O)C(=O)O)c(C=O)cc1[N+](=O)[O-]. The Bertz CT molecular complexity index is 496. The number of aliphatic hydroxyl groups excluding tert-OH is 1. The predicted octanol–water partition coefficient (Wildman–Crippen LogP) is 0.834. The molecule has 0 saturated carbocycles. The first kappa shape index (κ1) is 12.8. The molecule has 90 valence electrons. The summed E-state index contributed by atoms with van der Waals surface area (Å²) in [7, 11) is 0. The Morgan fingerprint density at radius 2 is 2.12 bits per heavy atom. The topological polar surface area (TPSA) is 118 Å². The van der Waals surface area contributed by atoms with Crippen LogP contribution in [-0.2, 0) is 4.79 Å². The molecule has 0 bridgehead atoms. The summed E-state index contributed by atoms with van der Waals surface area (Å²) in [6.07, 6.45) is -1.61. The molecule has 1 unspecified atom stereocenters. The molecule has 0 aliphatic carbocycles. The number of aliphatic carboxylic acids is 1. The van der Waals surface area contributed by atoms with E-state index in [0.717, 1.165) is 12.1 Å². The van der Waals surface area contributed by atoms with Crippen molar-refractivity contribution in [3.63, 3.8) is 0 Å². The molecule has 1 atom stereocenters. The summed E-state index contributed by atoms with van der Waals surface area (Å²) in [5.41, 5.74) is -0.489. The fourth-order valence-electron chi connectivity index (χ4n) is 1.40. The van der Waals surface area contributed by atoms with E-state index >= 15 is 0 Å². The quantitative estimate of drug-likeness (QED) is 0.456. The molecule has 7 heteroatoms. The van der Waals surface area contributed by atoms with Crippen LogP contribution in [0.15, 0.2) is 12.1 Å². The maximum absolute atomic E-state index is 10.7. The summed E-state index contributed by atoms with van der Waals surface area (Å²) >= 11 is 0. The van der Waals surface area contributed by atoms with Gasteiger partial charge >= 0.3 is 5.97 Å². The number of nitro benzene ring substituents is 1. The number of hydrogen-bond acceptors (Lipinski definition) is 5. The minimum Gasteiger partial charge on any atom is -0.479 e. The van der Waals surface area contributed by atoms with Crippen molar-refractivity contribution in [1.29, 1.82) is 0 Å². The highest BCUT2D eigenvalue weighted by molar-refractivity contribution is 5.84. The Hall–Kier alpha value is -2.28. The van der Waals surface area contributed by atoms with Crippen LogP contribution in [0.4, 0.5) is 5.69 Å². The van der Waals surface area contributed by atoms with Crippen LogP contribution < -0.4 is 0 Å². The van der Waals surface area contributed by atoms with Crippen molar-refractivity contribution in [3.05, 3.63) is 38.9 Å². The van der Waals surface area contributed by atoms with E-state index in [0.29, 0.717) is 0 Å². The molecule has 1 aromatic rings. The molecule has 0 heterocycles. The summed E-state index contributed by atoms with van der Waals surface area (Å²) in [6.45, 7) is 1.39. The van der Waals surface area contributed by atoms with Gasteiger partial charge in [-0.15, -0.1) is 0 Å². The van der Waals surface area contributed by atoms with Gasteiger partial charge in [0.1, 0.15) is 0 Å². The standard InChI is InChI=1S/C10H9NO6/c1-5-2-7(9(13)10(14)15)6(4-12)3-8(5)11(16)17/h2-4,9,13H,1H3,(H,14,15). The van der Waals surface area contributed by atoms with Crippen molar-refractivity contribution in [3.8, 4) is 0 Å². The first-order valence-corrected chi connectivity index (χ1v) is 4.53. The highest BCUT2D eigenvalue weighted by Crippen LogP contribution is 2.26. The van der Waals surface area contributed by atoms with E-state index in [1.165, 1.54) is 6.92 Å². The Balaban J connectivity index is 3.43. The van der Waals surface area contributed by atoms with E-state index in [1.54, 1.807) is 0 Å². The van der Waals surface area contributed by atoms with Crippen molar-refractivity contribution >= 4 is 17.9 Å². The fraction of sp³-hybridized carbons (Fsp3) is 0.200. The number of aliphatic hydroxyl groups is 1. The highest BCUT2D eigenvalue weighted by atomic mass is 16.6. The van der Waals surface area contributed by atoms with Crippen molar-refractivity contribution < 1.29 is 24.7 Å². The van der Waals surface area contributed by atoms with Gasteiger partial charge < -0.3 is 10.2 Å². The number of carbonyl (C=O) groups is 2. The molecular formula is C10H9NO6. The number of nitro groups is 1.